The minimum Gasteiger partial charge on any atom is -0.369 e. The van der Waals surface area contributed by atoms with Gasteiger partial charge in [0.15, 0.2) is 11.6 Å². The van der Waals surface area contributed by atoms with Gasteiger partial charge >= 0.3 is 0 Å². The van der Waals surface area contributed by atoms with E-state index >= 15 is 0 Å². The number of aromatic nitrogens is 2. The minimum atomic E-state index is -0.119. The zero-order valence-corrected chi connectivity index (χ0v) is 19.0. The fourth-order valence-corrected chi connectivity index (χ4v) is 3.71. The van der Waals surface area contributed by atoms with E-state index in [0.717, 1.165) is 33.2 Å². The number of nitriles is 1. The quantitative estimate of drug-likeness (QED) is 0.233. The number of aliphatic imine (C=N–C) groups is 1. The maximum Gasteiger partial charge on any atom is 0.165 e. The molecule has 0 saturated carbocycles. The van der Waals surface area contributed by atoms with Crippen molar-refractivity contribution in [2.24, 2.45) is 4.99 Å². The molecule has 0 aliphatic heterocycles. The zero-order chi connectivity index (χ0) is 23.5. The molecule has 0 radical (unpaired) electrons. The van der Waals surface area contributed by atoms with E-state index in [2.05, 4.69) is 16.0 Å². The Balaban J connectivity index is 2.06. The summed E-state index contributed by atoms with van der Waals surface area (Å²) < 4.78 is 0. The number of hydrogen-bond acceptors (Lipinski definition) is 5. The van der Waals surface area contributed by atoms with Crippen LogP contribution in [0, 0.1) is 18.3 Å². The first-order valence-electron chi connectivity index (χ1n) is 10.5. The second-order valence-electron chi connectivity index (χ2n) is 8.02. The number of ketones is 1. The molecule has 0 saturated heterocycles. The number of hydrogen-bond donors (Lipinski definition) is 0. The molecule has 0 aliphatic rings. The first-order chi connectivity index (χ1) is 15.9. The number of nitrogens with zero attached hydrogens (tertiary/aromatic N) is 5. The molecule has 6 heteroatoms. The zero-order valence-electron chi connectivity index (χ0n) is 19.0. The van der Waals surface area contributed by atoms with Gasteiger partial charge in [0.1, 0.15) is 0 Å². The van der Waals surface area contributed by atoms with Crippen LogP contribution in [0.3, 0.4) is 0 Å². The summed E-state index contributed by atoms with van der Waals surface area (Å²) in [7, 11) is 3.71. The van der Waals surface area contributed by atoms with E-state index in [9.17, 15) is 10.1 Å². The number of rotatable bonds is 5. The molecule has 0 aliphatic carbocycles. The summed E-state index contributed by atoms with van der Waals surface area (Å²) >= 11 is 0. The summed E-state index contributed by atoms with van der Waals surface area (Å²) in [4.78, 5) is 28.1. The third-order valence-corrected chi connectivity index (χ3v) is 5.42. The van der Waals surface area contributed by atoms with Crippen molar-refractivity contribution < 1.29 is 4.79 Å². The van der Waals surface area contributed by atoms with Crippen LogP contribution in [0.1, 0.15) is 28.4 Å². The molecule has 0 atom stereocenters. The Morgan fingerprint density at radius 3 is 2.64 bits per heavy atom. The minimum absolute atomic E-state index is 0.119. The highest BCUT2D eigenvalue weighted by atomic mass is 16.1. The van der Waals surface area contributed by atoms with Crippen LogP contribution in [0.4, 0.5) is 5.82 Å². The summed E-state index contributed by atoms with van der Waals surface area (Å²) in [6.45, 7) is 3.42. The van der Waals surface area contributed by atoms with E-state index < -0.39 is 0 Å². The monoisotopic (exact) mass is 433 g/mol. The lowest BCUT2D eigenvalue weighted by Crippen LogP contribution is -2.08. The molecule has 0 fully saturated rings. The van der Waals surface area contributed by atoms with Crippen molar-refractivity contribution in [3.63, 3.8) is 0 Å². The van der Waals surface area contributed by atoms with Gasteiger partial charge in [-0.25, -0.2) is 9.98 Å². The summed E-state index contributed by atoms with van der Waals surface area (Å²) in [5, 5.41) is 10.5. The average Bonchev–Trinajstić information content (AvgIpc) is 2.82. The van der Waals surface area contributed by atoms with Gasteiger partial charge in [-0.2, -0.15) is 5.26 Å². The fraction of sp³-hybridized carbons (Fsp3) is 0.148. The maximum absolute atomic E-state index is 12.5. The normalized spacial score (nSPS) is 11.0. The molecule has 6 nitrogen and oxygen atoms in total. The van der Waals surface area contributed by atoms with Gasteiger partial charge in [-0.1, -0.05) is 24.3 Å². The van der Waals surface area contributed by atoms with Gasteiger partial charge in [0.05, 0.1) is 34.7 Å². The van der Waals surface area contributed by atoms with Gasteiger partial charge in [-0.15, -0.1) is 0 Å². The van der Waals surface area contributed by atoms with E-state index in [4.69, 9.17) is 4.98 Å². The van der Waals surface area contributed by atoms with Crippen LogP contribution in [-0.2, 0) is 0 Å². The van der Waals surface area contributed by atoms with Crippen LogP contribution in [0.15, 0.2) is 65.8 Å². The number of pyridine rings is 2. The molecule has 0 spiro atoms. The van der Waals surface area contributed by atoms with Crippen LogP contribution in [0.5, 0.6) is 0 Å². The highest BCUT2D eigenvalue weighted by Crippen LogP contribution is 2.37. The van der Waals surface area contributed by atoms with Crippen molar-refractivity contribution >= 4 is 28.8 Å². The van der Waals surface area contributed by atoms with Crippen LogP contribution < -0.4 is 0 Å². The average molecular weight is 434 g/mol. The van der Waals surface area contributed by atoms with E-state index in [1.807, 2.05) is 69.6 Å². The number of carbonyl (C=O) groups is 1. The molecule has 2 aromatic carbocycles. The van der Waals surface area contributed by atoms with Crippen molar-refractivity contribution in [1.82, 2.24) is 14.9 Å². The molecule has 0 N–H and O–H groups in total. The predicted molar refractivity (Wildman–Crippen MR) is 132 cm³/mol. The fourth-order valence-electron chi connectivity index (χ4n) is 3.71. The van der Waals surface area contributed by atoms with Crippen LogP contribution >= 0.6 is 0 Å². The van der Waals surface area contributed by atoms with Gasteiger partial charge in [0.2, 0.25) is 0 Å². The Labute approximate surface area is 192 Å². The molecule has 0 bridgehead atoms. The Morgan fingerprint density at radius 2 is 1.91 bits per heavy atom. The van der Waals surface area contributed by atoms with Gasteiger partial charge in [0.25, 0.3) is 0 Å². The molecule has 2 heterocycles. The highest BCUT2D eigenvalue weighted by molar-refractivity contribution is 6.02. The molecule has 4 aromatic rings. The van der Waals surface area contributed by atoms with Gasteiger partial charge < -0.3 is 4.90 Å². The first kappa shape index (κ1) is 21.8. The lowest BCUT2D eigenvalue weighted by atomic mass is 9.92. The molecule has 0 amide bonds. The van der Waals surface area contributed by atoms with Crippen molar-refractivity contribution in [1.29, 1.82) is 5.26 Å². The standard InChI is InChI=1S/C27H23N5O/c1-17-21(15-28)7-5-9-22(17)26-24(19-10-11-25-20(13-19)8-6-12-29-25)14-23(18(2)33)27(31-26)30-16-32(3)4/h5-14,16H,1-4H3. The summed E-state index contributed by atoms with van der Waals surface area (Å²) in [6.07, 6.45) is 3.38. The molecular weight excluding hydrogens is 410 g/mol. The third kappa shape index (κ3) is 4.35. The Kier molecular flexibility index (Phi) is 5.97. The van der Waals surface area contributed by atoms with Crippen molar-refractivity contribution in [3.05, 3.63) is 77.5 Å². The van der Waals surface area contributed by atoms with E-state index in [0.29, 0.717) is 22.6 Å². The van der Waals surface area contributed by atoms with Crippen molar-refractivity contribution in [2.75, 3.05) is 14.1 Å². The lowest BCUT2D eigenvalue weighted by Gasteiger charge is -2.16. The predicted octanol–water partition coefficient (Wildman–Crippen LogP) is 5.57. The third-order valence-electron chi connectivity index (χ3n) is 5.42. The van der Waals surface area contributed by atoms with Crippen molar-refractivity contribution in [2.45, 2.75) is 13.8 Å². The van der Waals surface area contributed by atoms with Crippen LogP contribution in [-0.4, -0.2) is 41.1 Å². The largest absolute Gasteiger partial charge is 0.369 e. The molecular formula is C27H23N5O. The molecule has 2 aromatic heterocycles. The maximum atomic E-state index is 12.5. The molecule has 162 valence electrons. The SMILES string of the molecule is CC(=O)c1cc(-c2ccc3ncccc3c2)c(-c2cccc(C#N)c2C)nc1N=CN(C)C. The first-order valence-corrected chi connectivity index (χ1v) is 10.5. The smallest absolute Gasteiger partial charge is 0.165 e. The topological polar surface area (TPSA) is 82.2 Å². The Morgan fingerprint density at radius 1 is 1.09 bits per heavy atom. The number of carbonyl (C=O) groups excluding carboxylic acids is 1. The second kappa shape index (κ2) is 9.01. The second-order valence-corrected chi connectivity index (χ2v) is 8.02. The van der Waals surface area contributed by atoms with Crippen LogP contribution in [0.2, 0.25) is 0 Å². The summed E-state index contributed by atoms with van der Waals surface area (Å²) in [6, 6.07) is 19.5. The summed E-state index contributed by atoms with van der Waals surface area (Å²) in [5.41, 5.74) is 5.93. The number of Topliss-reactive ketones (excluding diaryl/α,β-unsaturated/α-hetero) is 1. The highest BCUT2D eigenvalue weighted by Gasteiger charge is 2.19. The molecule has 0 unspecified atom stereocenters. The Hall–Kier alpha value is -4.37. The van der Waals surface area contributed by atoms with Crippen LogP contribution in [0.25, 0.3) is 33.3 Å². The van der Waals surface area contributed by atoms with Crippen molar-refractivity contribution in [3.8, 4) is 28.5 Å². The lowest BCUT2D eigenvalue weighted by molar-refractivity contribution is 0.101. The van der Waals surface area contributed by atoms with Gasteiger partial charge in [0, 0.05) is 36.8 Å². The van der Waals surface area contributed by atoms with Gasteiger partial charge in [-0.3, -0.25) is 9.78 Å². The molecule has 33 heavy (non-hydrogen) atoms. The van der Waals surface area contributed by atoms with E-state index in [-0.39, 0.29) is 5.78 Å². The van der Waals surface area contributed by atoms with E-state index in [1.54, 1.807) is 23.5 Å². The Bertz CT molecular complexity index is 1450. The number of benzene rings is 2. The molecule has 4 rings (SSSR count). The van der Waals surface area contributed by atoms with E-state index in [1.165, 1.54) is 6.92 Å². The van der Waals surface area contributed by atoms with Gasteiger partial charge in [-0.05, 0) is 55.3 Å². The summed E-state index contributed by atoms with van der Waals surface area (Å²) in [5.74, 6) is 0.227. The number of fused-ring (bicyclic) bond motifs is 1.